The first-order valence-electron chi connectivity index (χ1n) is 8.12. The Morgan fingerprint density at radius 2 is 1.72 bits per heavy atom. The molecule has 0 unspecified atom stereocenters. The van der Waals surface area contributed by atoms with Crippen LogP contribution in [0, 0.1) is 13.8 Å². The summed E-state index contributed by atoms with van der Waals surface area (Å²) in [6.45, 7) is 5.55. The predicted octanol–water partition coefficient (Wildman–Crippen LogP) is 4.02. The Hall–Kier alpha value is -3.08. The third-order valence-corrected chi connectivity index (χ3v) is 4.57. The highest BCUT2D eigenvalue weighted by molar-refractivity contribution is 6.12. The summed E-state index contributed by atoms with van der Waals surface area (Å²) in [5, 5.41) is 3.97. The Labute approximate surface area is 146 Å². The molecule has 0 saturated carbocycles. The van der Waals surface area contributed by atoms with E-state index in [-0.39, 0.29) is 11.8 Å². The van der Waals surface area contributed by atoms with Crippen LogP contribution in [0.25, 0.3) is 10.9 Å². The van der Waals surface area contributed by atoms with Gasteiger partial charge in [0.05, 0.1) is 11.1 Å². The lowest BCUT2D eigenvalue weighted by Gasteiger charge is -2.15. The molecule has 0 aliphatic carbocycles. The number of para-hydroxylation sites is 1. The summed E-state index contributed by atoms with van der Waals surface area (Å²) < 4.78 is 0. The molecule has 1 aromatic heterocycles. The number of H-pyrrole nitrogens is 1. The van der Waals surface area contributed by atoms with E-state index in [1.165, 1.54) is 6.92 Å². The third-order valence-electron chi connectivity index (χ3n) is 4.57. The SMILES string of the molecule is CC(=O)N(C)c1ccc(NC(=O)c2cccc3c(C)c(C)[nH]c23)cc1. The van der Waals surface area contributed by atoms with E-state index >= 15 is 0 Å². The van der Waals surface area contributed by atoms with Crippen LogP contribution in [0.5, 0.6) is 0 Å². The molecule has 0 aliphatic rings. The number of aromatic nitrogens is 1. The normalized spacial score (nSPS) is 10.7. The Kier molecular flexibility index (Phi) is 4.31. The molecule has 0 atom stereocenters. The summed E-state index contributed by atoms with van der Waals surface area (Å²) in [7, 11) is 1.71. The predicted molar refractivity (Wildman–Crippen MR) is 101 cm³/mol. The number of aromatic amines is 1. The summed E-state index contributed by atoms with van der Waals surface area (Å²) in [6, 6.07) is 12.9. The molecule has 2 N–H and O–H groups in total. The molecule has 0 fully saturated rings. The maximum atomic E-state index is 12.7. The van der Waals surface area contributed by atoms with E-state index in [9.17, 15) is 9.59 Å². The Balaban J connectivity index is 1.86. The first kappa shape index (κ1) is 16.8. The van der Waals surface area contributed by atoms with Gasteiger partial charge in [0.25, 0.3) is 5.91 Å². The van der Waals surface area contributed by atoms with Gasteiger partial charge in [-0.1, -0.05) is 12.1 Å². The van der Waals surface area contributed by atoms with Crippen LogP contribution in [-0.4, -0.2) is 23.8 Å². The van der Waals surface area contributed by atoms with E-state index in [4.69, 9.17) is 0 Å². The van der Waals surface area contributed by atoms with Crippen molar-refractivity contribution in [1.82, 2.24) is 4.98 Å². The van der Waals surface area contributed by atoms with E-state index in [0.29, 0.717) is 11.3 Å². The third kappa shape index (κ3) is 3.13. The number of nitrogens with zero attached hydrogens (tertiary/aromatic N) is 1. The molecule has 0 spiro atoms. The van der Waals surface area contributed by atoms with Crippen molar-refractivity contribution in [1.29, 1.82) is 0 Å². The smallest absolute Gasteiger partial charge is 0.257 e. The number of benzene rings is 2. The number of anilines is 2. The second-order valence-corrected chi connectivity index (χ2v) is 6.18. The summed E-state index contributed by atoms with van der Waals surface area (Å²) in [4.78, 5) is 28.9. The first-order chi connectivity index (χ1) is 11.9. The number of nitrogens with one attached hydrogen (secondary N) is 2. The van der Waals surface area contributed by atoms with Crippen LogP contribution in [0.15, 0.2) is 42.5 Å². The Bertz CT molecular complexity index is 955. The molecule has 0 radical (unpaired) electrons. The molecule has 0 bridgehead atoms. The molecular weight excluding hydrogens is 314 g/mol. The van der Waals surface area contributed by atoms with Crippen LogP contribution >= 0.6 is 0 Å². The minimum Gasteiger partial charge on any atom is -0.358 e. The van der Waals surface area contributed by atoms with Crippen molar-refractivity contribution >= 4 is 34.1 Å². The van der Waals surface area contributed by atoms with E-state index in [1.54, 1.807) is 36.2 Å². The average Bonchev–Trinajstić information content (AvgIpc) is 2.89. The molecule has 2 aromatic carbocycles. The largest absolute Gasteiger partial charge is 0.358 e. The maximum Gasteiger partial charge on any atom is 0.257 e. The van der Waals surface area contributed by atoms with E-state index in [2.05, 4.69) is 10.3 Å². The summed E-state index contributed by atoms with van der Waals surface area (Å²) >= 11 is 0. The zero-order valence-corrected chi connectivity index (χ0v) is 14.8. The second-order valence-electron chi connectivity index (χ2n) is 6.18. The number of amides is 2. The lowest BCUT2D eigenvalue weighted by molar-refractivity contribution is -0.116. The van der Waals surface area contributed by atoms with E-state index in [1.807, 2.05) is 32.0 Å². The molecule has 0 aliphatic heterocycles. The molecule has 5 heteroatoms. The van der Waals surface area contributed by atoms with Crippen LogP contribution in [0.1, 0.15) is 28.5 Å². The fourth-order valence-corrected chi connectivity index (χ4v) is 2.82. The highest BCUT2D eigenvalue weighted by Gasteiger charge is 2.14. The number of hydrogen-bond donors (Lipinski definition) is 2. The number of carbonyl (C=O) groups excluding carboxylic acids is 2. The molecule has 5 nitrogen and oxygen atoms in total. The Morgan fingerprint density at radius 3 is 2.36 bits per heavy atom. The number of rotatable bonds is 3. The Morgan fingerprint density at radius 1 is 1.04 bits per heavy atom. The number of carbonyl (C=O) groups is 2. The van der Waals surface area contributed by atoms with Gasteiger partial charge in [-0.25, -0.2) is 0 Å². The highest BCUT2D eigenvalue weighted by atomic mass is 16.2. The monoisotopic (exact) mass is 335 g/mol. The summed E-state index contributed by atoms with van der Waals surface area (Å²) in [6.07, 6.45) is 0. The van der Waals surface area contributed by atoms with Gasteiger partial charge < -0.3 is 15.2 Å². The maximum absolute atomic E-state index is 12.7. The van der Waals surface area contributed by atoms with Gasteiger partial charge in [0.2, 0.25) is 5.91 Å². The molecule has 0 saturated heterocycles. The van der Waals surface area contributed by atoms with Crippen molar-refractivity contribution < 1.29 is 9.59 Å². The second kappa shape index (κ2) is 6.43. The first-order valence-corrected chi connectivity index (χ1v) is 8.12. The van der Waals surface area contributed by atoms with Gasteiger partial charge in [0.15, 0.2) is 0 Å². The quantitative estimate of drug-likeness (QED) is 0.759. The van der Waals surface area contributed by atoms with Gasteiger partial charge in [0, 0.05) is 36.4 Å². The van der Waals surface area contributed by atoms with Crippen molar-refractivity contribution in [2.24, 2.45) is 0 Å². The summed E-state index contributed by atoms with van der Waals surface area (Å²) in [5.74, 6) is -0.208. The molecule has 128 valence electrons. The van der Waals surface area contributed by atoms with Crippen molar-refractivity contribution in [2.45, 2.75) is 20.8 Å². The van der Waals surface area contributed by atoms with Gasteiger partial charge in [-0.3, -0.25) is 9.59 Å². The highest BCUT2D eigenvalue weighted by Crippen LogP contribution is 2.25. The molecule has 2 amide bonds. The minimum absolute atomic E-state index is 0.0408. The van der Waals surface area contributed by atoms with Crippen LogP contribution < -0.4 is 10.2 Å². The zero-order chi connectivity index (χ0) is 18.1. The lowest BCUT2D eigenvalue weighted by atomic mass is 10.1. The molecule has 25 heavy (non-hydrogen) atoms. The fraction of sp³-hybridized carbons (Fsp3) is 0.200. The minimum atomic E-state index is -0.167. The van der Waals surface area contributed by atoms with Gasteiger partial charge in [0.1, 0.15) is 0 Å². The van der Waals surface area contributed by atoms with Crippen LogP contribution in [0.4, 0.5) is 11.4 Å². The van der Waals surface area contributed by atoms with Gasteiger partial charge in [-0.15, -0.1) is 0 Å². The molecular formula is C20H21N3O2. The standard InChI is InChI=1S/C20H21N3O2/c1-12-13(2)21-19-17(12)6-5-7-18(19)20(25)22-15-8-10-16(11-9-15)23(4)14(3)24/h5-11,21H,1-4H3,(H,22,25). The lowest BCUT2D eigenvalue weighted by Crippen LogP contribution is -2.22. The fourth-order valence-electron chi connectivity index (χ4n) is 2.82. The van der Waals surface area contributed by atoms with Crippen molar-refractivity contribution in [3.05, 3.63) is 59.3 Å². The van der Waals surface area contributed by atoms with E-state index in [0.717, 1.165) is 27.8 Å². The average molecular weight is 335 g/mol. The van der Waals surface area contributed by atoms with Crippen LogP contribution in [0.2, 0.25) is 0 Å². The van der Waals surface area contributed by atoms with Crippen LogP contribution in [-0.2, 0) is 4.79 Å². The van der Waals surface area contributed by atoms with Crippen LogP contribution in [0.3, 0.4) is 0 Å². The van der Waals surface area contributed by atoms with Crippen molar-refractivity contribution in [2.75, 3.05) is 17.3 Å². The molecule has 1 heterocycles. The number of fused-ring (bicyclic) bond motifs is 1. The molecule has 3 rings (SSSR count). The zero-order valence-electron chi connectivity index (χ0n) is 14.8. The van der Waals surface area contributed by atoms with Gasteiger partial charge >= 0.3 is 0 Å². The van der Waals surface area contributed by atoms with Gasteiger partial charge in [-0.05, 0) is 49.7 Å². The van der Waals surface area contributed by atoms with Gasteiger partial charge in [-0.2, -0.15) is 0 Å². The van der Waals surface area contributed by atoms with E-state index < -0.39 is 0 Å². The number of hydrogen-bond acceptors (Lipinski definition) is 2. The molecule has 3 aromatic rings. The van der Waals surface area contributed by atoms with Crippen molar-refractivity contribution in [3.8, 4) is 0 Å². The van der Waals surface area contributed by atoms with Crippen molar-refractivity contribution in [3.63, 3.8) is 0 Å². The number of aryl methyl sites for hydroxylation is 2. The topological polar surface area (TPSA) is 65.2 Å². The summed E-state index contributed by atoms with van der Waals surface area (Å²) in [5.41, 5.74) is 5.14.